The fourth-order valence-corrected chi connectivity index (χ4v) is 2.79. The van der Waals surface area contributed by atoms with E-state index in [1.807, 2.05) is 0 Å². The van der Waals surface area contributed by atoms with E-state index in [9.17, 15) is 14.0 Å². The van der Waals surface area contributed by atoms with Crippen LogP contribution in [0.25, 0.3) is 0 Å². The van der Waals surface area contributed by atoms with Crippen molar-refractivity contribution in [1.29, 1.82) is 0 Å². The van der Waals surface area contributed by atoms with Crippen LogP contribution in [0.2, 0.25) is 0 Å². The van der Waals surface area contributed by atoms with Gasteiger partial charge in [0.1, 0.15) is 5.82 Å². The van der Waals surface area contributed by atoms with E-state index >= 15 is 0 Å². The van der Waals surface area contributed by atoms with Gasteiger partial charge in [0.2, 0.25) is 11.8 Å². The lowest BCUT2D eigenvalue weighted by Crippen LogP contribution is -2.45. The Balaban J connectivity index is 1.66. The molecule has 1 fully saturated rings. The van der Waals surface area contributed by atoms with Crippen LogP contribution in [-0.2, 0) is 20.7 Å². The summed E-state index contributed by atoms with van der Waals surface area (Å²) in [4.78, 5) is 25.8. The van der Waals surface area contributed by atoms with E-state index in [2.05, 4.69) is 5.32 Å². The van der Waals surface area contributed by atoms with Gasteiger partial charge < -0.3 is 20.7 Å². The molecule has 1 aliphatic heterocycles. The molecule has 1 aliphatic rings. The van der Waals surface area contributed by atoms with Crippen molar-refractivity contribution in [3.63, 3.8) is 0 Å². The van der Waals surface area contributed by atoms with Crippen LogP contribution in [0, 0.1) is 5.82 Å². The average Bonchev–Trinajstić information content (AvgIpc) is 2.60. The molecular weight excluding hydrogens is 325 g/mol. The van der Waals surface area contributed by atoms with Gasteiger partial charge in [-0.25, -0.2) is 4.39 Å². The fraction of sp³-hybridized carbons (Fsp3) is 0.556. The Morgan fingerprint density at radius 1 is 1.32 bits per heavy atom. The second kappa shape index (κ2) is 10.1. The second-order valence-electron chi connectivity index (χ2n) is 6.18. The third kappa shape index (κ3) is 6.80. The number of carbonyl (C=O) groups is 2. The van der Waals surface area contributed by atoms with Gasteiger partial charge in [0.05, 0.1) is 19.1 Å². The number of carbonyl (C=O) groups excluding carboxylic acids is 2. The quantitative estimate of drug-likeness (QED) is 0.680. The molecule has 0 spiro atoms. The molecular formula is C18H26FN3O3. The maximum atomic E-state index is 13.1. The number of halogens is 1. The van der Waals surface area contributed by atoms with Crippen molar-refractivity contribution in [3.8, 4) is 0 Å². The number of amides is 2. The van der Waals surface area contributed by atoms with Gasteiger partial charge in [0.15, 0.2) is 0 Å². The monoisotopic (exact) mass is 351 g/mol. The van der Waals surface area contributed by atoms with Crippen molar-refractivity contribution >= 4 is 11.8 Å². The number of ether oxygens (including phenoxy) is 1. The van der Waals surface area contributed by atoms with E-state index in [0.29, 0.717) is 31.8 Å². The molecule has 0 saturated carbocycles. The first-order valence-corrected chi connectivity index (χ1v) is 8.69. The van der Waals surface area contributed by atoms with E-state index in [-0.39, 0.29) is 36.7 Å². The Hall–Kier alpha value is -1.99. The normalized spacial score (nSPS) is 15.2. The molecule has 1 aromatic carbocycles. The van der Waals surface area contributed by atoms with Gasteiger partial charge in [-0.1, -0.05) is 12.1 Å². The number of nitrogens with one attached hydrogen (secondary N) is 1. The van der Waals surface area contributed by atoms with Crippen molar-refractivity contribution in [3.05, 3.63) is 35.6 Å². The molecule has 3 N–H and O–H groups in total. The first-order valence-electron chi connectivity index (χ1n) is 8.69. The lowest BCUT2D eigenvalue weighted by Gasteiger charge is -2.32. The highest BCUT2D eigenvalue weighted by atomic mass is 19.1. The molecule has 0 aliphatic carbocycles. The molecule has 0 unspecified atom stereocenters. The van der Waals surface area contributed by atoms with Crippen LogP contribution in [0.1, 0.15) is 24.8 Å². The van der Waals surface area contributed by atoms with Crippen molar-refractivity contribution in [2.75, 3.05) is 32.8 Å². The summed E-state index contributed by atoms with van der Waals surface area (Å²) < 4.78 is 18.8. The molecule has 0 radical (unpaired) electrons. The number of likely N-dealkylation sites (tertiary alicyclic amines) is 1. The summed E-state index contributed by atoms with van der Waals surface area (Å²) in [5.41, 5.74) is 6.02. The fourth-order valence-electron chi connectivity index (χ4n) is 2.79. The maximum Gasteiger partial charge on any atom is 0.241 e. The highest BCUT2D eigenvalue weighted by Crippen LogP contribution is 2.14. The molecule has 2 rings (SSSR count). The van der Waals surface area contributed by atoms with Crippen LogP contribution < -0.4 is 11.1 Å². The number of nitrogens with zero attached hydrogens (tertiary/aromatic N) is 1. The molecule has 138 valence electrons. The number of nitrogens with two attached hydrogens (primary N) is 1. The average molecular weight is 351 g/mol. The summed E-state index contributed by atoms with van der Waals surface area (Å²) in [5.74, 6) is -0.773. The summed E-state index contributed by atoms with van der Waals surface area (Å²) >= 11 is 0. The Labute approximate surface area is 147 Å². The highest BCUT2D eigenvalue weighted by Gasteiger charge is 2.23. The van der Waals surface area contributed by atoms with Crippen LogP contribution in [-0.4, -0.2) is 55.6 Å². The van der Waals surface area contributed by atoms with Gasteiger partial charge in [0, 0.05) is 19.7 Å². The second-order valence-corrected chi connectivity index (χ2v) is 6.18. The number of benzene rings is 1. The minimum atomic E-state index is -0.377. The zero-order chi connectivity index (χ0) is 18.1. The largest absolute Gasteiger partial charge is 0.378 e. The molecule has 1 heterocycles. The zero-order valence-corrected chi connectivity index (χ0v) is 14.4. The van der Waals surface area contributed by atoms with Gasteiger partial charge >= 0.3 is 0 Å². The standard InChI is InChI=1S/C18H26FN3O3/c19-15-4-1-3-14(11-15)12-17(23)21-13-18(24)22-8-5-16(6-9-22)25-10-2-7-20/h1,3-4,11,16H,2,5-10,12-13,20H2,(H,21,23). The topological polar surface area (TPSA) is 84.7 Å². The Kier molecular flexibility index (Phi) is 7.81. The lowest BCUT2D eigenvalue weighted by molar-refractivity contribution is -0.135. The smallest absolute Gasteiger partial charge is 0.241 e. The minimum Gasteiger partial charge on any atom is -0.378 e. The predicted molar refractivity (Wildman–Crippen MR) is 92.3 cm³/mol. The maximum absolute atomic E-state index is 13.1. The van der Waals surface area contributed by atoms with Crippen LogP contribution in [0.15, 0.2) is 24.3 Å². The Morgan fingerprint density at radius 3 is 2.76 bits per heavy atom. The summed E-state index contributed by atoms with van der Waals surface area (Å²) in [7, 11) is 0. The number of hydrogen-bond acceptors (Lipinski definition) is 4. The van der Waals surface area contributed by atoms with Crippen molar-refractivity contribution in [2.45, 2.75) is 31.8 Å². The Bertz CT molecular complexity index is 574. The van der Waals surface area contributed by atoms with Gasteiger partial charge in [-0.3, -0.25) is 9.59 Å². The van der Waals surface area contributed by atoms with Gasteiger partial charge in [0.25, 0.3) is 0 Å². The third-order valence-electron chi connectivity index (χ3n) is 4.19. The summed E-state index contributed by atoms with van der Waals surface area (Å²) in [6.07, 6.45) is 2.68. The summed E-state index contributed by atoms with van der Waals surface area (Å²) in [5, 5.41) is 2.60. The van der Waals surface area contributed by atoms with Crippen molar-refractivity contribution < 1.29 is 18.7 Å². The summed E-state index contributed by atoms with van der Waals surface area (Å²) in [6.45, 7) is 2.50. The molecule has 0 atom stereocenters. The molecule has 25 heavy (non-hydrogen) atoms. The third-order valence-corrected chi connectivity index (χ3v) is 4.19. The number of rotatable bonds is 8. The van der Waals surface area contributed by atoms with Gasteiger partial charge in [-0.15, -0.1) is 0 Å². The van der Waals surface area contributed by atoms with E-state index in [4.69, 9.17) is 10.5 Å². The molecule has 7 heteroatoms. The van der Waals surface area contributed by atoms with E-state index < -0.39 is 0 Å². The van der Waals surface area contributed by atoms with Crippen LogP contribution in [0.5, 0.6) is 0 Å². The van der Waals surface area contributed by atoms with Crippen LogP contribution in [0.4, 0.5) is 4.39 Å². The predicted octanol–water partition coefficient (Wildman–Crippen LogP) is 0.841. The number of hydrogen-bond donors (Lipinski definition) is 2. The molecule has 6 nitrogen and oxygen atoms in total. The van der Waals surface area contributed by atoms with E-state index in [0.717, 1.165) is 19.3 Å². The lowest BCUT2D eigenvalue weighted by atomic mass is 10.1. The SMILES string of the molecule is NCCCOC1CCN(C(=O)CNC(=O)Cc2cccc(F)c2)CC1. The van der Waals surface area contributed by atoms with E-state index in [1.54, 1.807) is 17.0 Å². The highest BCUT2D eigenvalue weighted by molar-refractivity contribution is 5.85. The number of piperidine rings is 1. The Morgan fingerprint density at radius 2 is 2.08 bits per heavy atom. The van der Waals surface area contributed by atoms with Crippen molar-refractivity contribution in [1.82, 2.24) is 10.2 Å². The molecule has 0 bridgehead atoms. The minimum absolute atomic E-state index is 0.0349. The zero-order valence-electron chi connectivity index (χ0n) is 14.4. The molecule has 0 aromatic heterocycles. The van der Waals surface area contributed by atoms with Gasteiger partial charge in [-0.05, 0) is 43.5 Å². The van der Waals surface area contributed by atoms with Gasteiger partial charge in [-0.2, -0.15) is 0 Å². The van der Waals surface area contributed by atoms with Crippen molar-refractivity contribution in [2.24, 2.45) is 5.73 Å². The molecule has 1 aromatic rings. The summed E-state index contributed by atoms with van der Waals surface area (Å²) in [6, 6.07) is 5.88. The first-order chi connectivity index (χ1) is 12.1. The van der Waals surface area contributed by atoms with E-state index in [1.165, 1.54) is 12.1 Å². The first kappa shape index (κ1) is 19.3. The molecule has 2 amide bonds. The van der Waals surface area contributed by atoms with Crippen LogP contribution >= 0.6 is 0 Å². The molecule has 1 saturated heterocycles. The van der Waals surface area contributed by atoms with Crippen LogP contribution in [0.3, 0.4) is 0 Å².